The highest BCUT2D eigenvalue weighted by atomic mass is 32.1. The second-order valence-electron chi connectivity index (χ2n) is 3.76. The van der Waals surface area contributed by atoms with Gasteiger partial charge in [-0.05, 0) is 32.2 Å². The molecule has 0 amide bonds. The highest BCUT2D eigenvalue weighted by molar-refractivity contribution is 7.08. The van der Waals surface area contributed by atoms with Gasteiger partial charge in [0.2, 0.25) is 0 Å². The topological polar surface area (TPSA) is 26.3 Å². The van der Waals surface area contributed by atoms with Crippen LogP contribution in [0.1, 0.15) is 26.3 Å². The molecule has 1 aromatic rings. The fourth-order valence-electron chi connectivity index (χ4n) is 0.762. The molecule has 0 atom stereocenters. The summed E-state index contributed by atoms with van der Waals surface area (Å²) in [6, 6.07) is 1.86. The van der Waals surface area contributed by atoms with E-state index in [0.29, 0.717) is 0 Å². The third-order valence-corrected chi connectivity index (χ3v) is 1.91. The summed E-state index contributed by atoms with van der Waals surface area (Å²) >= 11 is 1.55. The Labute approximate surface area is 87.9 Å². The standard InChI is InChI=1S/C11H12O2S/c1-11(2,3)13-10(12)5-4-9-6-7-14-8-9/h6-8H,1-3H3. The third kappa shape index (κ3) is 4.11. The van der Waals surface area contributed by atoms with E-state index in [4.69, 9.17) is 4.74 Å². The highest BCUT2D eigenvalue weighted by Gasteiger charge is 2.13. The van der Waals surface area contributed by atoms with Gasteiger partial charge in [-0.15, -0.1) is 0 Å². The number of rotatable bonds is 0. The van der Waals surface area contributed by atoms with Crippen molar-refractivity contribution in [3.8, 4) is 11.8 Å². The Kier molecular flexibility index (Phi) is 3.32. The summed E-state index contributed by atoms with van der Waals surface area (Å²) in [5.41, 5.74) is 0.376. The highest BCUT2D eigenvalue weighted by Crippen LogP contribution is 2.07. The molecular formula is C11H12O2S. The molecule has 0 saturated heterocycles. The van der Waals surface area contributed by atoms with Gasteiger partial charge in [-0.2, -0.15) is 11.3 Å². The molecule has 0 radical (unpaired) electrons. The molecule has 74 valence electrons. The molecule has 1 rings (SSSR count). The van der Waals surface area contributed by atoms with Gasteiger partial charge < -0.3 is 4.74 Å². The fourth-order valence-corrected chi connectivity index (χ4v) is 1.35. The van der Waals surface area contributed by atoms with Gasteiger partial charge in [0.15, 0.2) is 0 Å². The van der Waals surface area contributed by atoms with Gasteiger partial charge in [0.25, 0.3) is 0 Å². The smallest absolute Gasteiger partial charge is 0.385 e. The van der Waals surface area contributed by atoms with Crippen LogP contribution >= 0.6 is 11.3 Å². The lowest BCUT2D eigenvalue weighted by atomic mass is 10.2. The molecule has 0 unspecified atom stereocenters. The number of hydrogen-bond acceptors (Lipinski definition) is 3. The molecule has 0 fully saturated rings. The van der Waals surface area contributed by atoms with Crippen LogP contribution < -0.4 is 0 Å². The second kappa shape index (κ2) is 4.30. The zero-order chi connectivity index (χ0) is 10.6. The molecule has 0 aliphatic heterocycles. The van der Waals surface area contributed by atoms with Crippen molar-refractivity contribution in [1.29, 1.82) is 0 Å². The van der Waals surface area contributed by atoms with Crippen LogP contribution in [-0.2, 0) is 9.53 Å². The van der Waals surface area contributed by atoms with Crippen molar-refractivity contribution >= 4 is 17.3 Å². The molecule has 0 aliphatic carbocycles. The fraction of sp³-hybridized carbons (Fsp3) is 0.364. The minimum atomic E-state index is -0.483. The molecule has 3 heteroatoms. The van der Waals surface area contributed by atoms with E-state index in [0.717, 1.165) is 5.56 Å². The Bertz CT molecular complexity index is 360. The van der Waals surface area contributed by atoms with E-state index in [1.165, 1.54) is 0 Å². The van der Waals surface area contributed by atoms with Crippen LogP contribution in [0.2, 0.25) is 0 Å². The maximum absolute atomic E-state index is 11.2. The van der Waals surface area contributed by atoms with Crippen LogP contribution in [0.4, 0.5) is 0 Å². The lowest BCUT2D eigenvalue weighted by molar-refractivity contribution is -0.147. The Morgan fingerprint density at radius 2 is 2.21 bits per heavy atom. The molecule has 0 bridgehead atoms. The first-order valence-corrected chi connectivity index (χ1v) is 5.19. The number of ether oxygens (including phenoxy) is 1. The number of hydrogen-bond donors (Lipinski definition) is 0. The number of carbonyl (C=O) groups is 1. The van der Waals surface area contributed by atoms with Crippen LogP contribution in [0.3, 0.4) is 0 Å². The summed E-state index contributed by atoms with van der Waals surface area (Å²) in [5.74, 6) is 4.69. The molecule has 0 spiro atoms. The first kappa shape index (κ1) is 10.8. The summed E-state index contributed by atoms with van der Waals surface area (Å²) in [6.45, 7) is 5.45. The summed E-state index contributed by atoms with van der Waals surface area (Å²) in [5, 5.41) is 3.80. The lowest BCUT2D eigenvalue weighted by Crippen LogP contribution is -2.22. The lowest BCUT2D eigenvalue weighted by Gasteiger charge is -2.16. The number of esters is 1. The Morgan fingerprint density at radius 1 is 1.50 bits per heavy atom. The summed E-state index contributed by atoms with van der Waals surface area (Å²) in [4.78, 5) is 11.2. The van der Waals surface area contributed by atoms with Crippen molar-refractivity contribution in [2.24, 2.45) is 0 Å². The largest absolute Gasteiger partial charge is 0.450 e. The van der Waals surface area contributed by atoms with Crippen molar-refractivity contribution in [3.63, 3.8) is 0 Å². The third-order valence-electron chi connectivity index (χ3n) is 1.23. The van der Waals surface area contributed by atoms with Crippen molar-refractivity contribution in [2.75, 3.05) is 0 Å². The van der Waals surface area contributed by atoms with Crippen LogP contribution in [0.25, 0.3) is 0 Å². The zero-order valence-electron chi connectivity index (χ0n) is 8.46. The van der Waals surface area contributed by atoms with Gasteiger partial charge in [-0.1, -0.05) is 5.92 Å². The molecule has 1 aromatic heterocycles. The van der Waals surface area contributed by atoms with Crippen molar-refractivity contribution in [3.05, 3.63) is 22.4 Å². The molecule has 0 N–H and O–H groups in total. The van der Waals surface area contributed by atoms with Gasteiger partial charge in [0.1, 0.15) is 5.60 Å². The molecule has 1 heterocycles. The number of carbonyl (C=O) groups excluding carboxylic acids is 1. The van der Waals surface area contributed by atoms with Crippen LogP contribution in [-0.4, -0.2) is 11.6 Å². The normalized spacial score (nSPS) is 10.2. The summed E-state index contributed by atoms with van der Waals surface area (Å²) in [6.07, 6.45) is 0. The van der Waals surface area contributed by atoms with E-state index in [1.807, 2.05) is 37.6 Å². The number of thiophene rings is 1. The maximum Gasteiger partial charge on any atom is 0.385 e. The molecule has 2 nitrogen and oxygen atoms in total. The average Bonchev–Trinajstić information content (AvgIpc) is 2.49. The van der Waals surface area contributed by atoms with Gasteiger partial charge >= 0.3 is 5.97 Å². The van der Waals surface area contributed by atoms with Gasteiger partial charge in [-0.3, -0.25) is 0 Å². The van der Waals surface area contributed by atoms with Gasteiger partial charge in [0.05, 0.1) is 0 Å². The first-order chi connectivity index (χ1) is 6.47. The van der Waals surface area contributed by atoms with Gasteiger partial charge in [0, 0.05) is 16.9 Å². The maximum atomic E-state index is 11.2. The minimum absolute atomic E-state index is 0.472. The predicted molar refractivity (Wildman–Crippen MR) is 57.0 cm³/mol. The van der Waals surface area contributed by atoms with Gasteiger partial charge in [-0.25, -0.2) is 4.79 Å². The minimum Gasteiger partial charge on any atom is -0.450 e. The Balaban J connectivity index is 2.57. The van der Waals surface area contributed by atoms with E-state index >= 15 is 0 Å². The van der Waals surface area contributed by atoms with Crippen molar-refractivity contribution in [2.45, 2.75) is 26.4 Å². The molecular weight excluding hydrogens is 196 g/mol. The van der Waals surface area contributed by atoms with Crippen LogP contribution in [0.5, 0.6) is 0 Å². The van der Waals surface area contributed by atoms with Crippen molar-refractivity contribution in [1.82, 2.24) is 0 Å². The first-order valence-electron chi connectivity index (χ1n) is 4.24. The Morgan fingerprint density at radius 3 is 2.71 bits per heavy atom. The Hall–Kier alpha value is -1.27. The summed E-state index contributed by atoms with van der Waals surface area (Å²) in [7, 11) is 0. The van der Waals surface area contributed by atoms with E-state index in [2.05, 4.69) is 11.8 Å². The molecule has 0 aliphatic rings. The predicted octanol–water partition coefficient (Wildman–Crippen LogP) is 2.44. The quantitative estimate of drug-likeness (QED) is 0.483. The second-order valence-corrected chi connectivity index (χ2v) is 4.54. The molecule has 14 heavy (non-hydrogen) atoms. The van der Waals surface area contributed by atoms with E-state index in [-0.39, 0.29) is 0 Å². The SMILES string of the molecule is CC(C)(C)OC(=O)C#Cc1ccsc1. The zero-order valence-corrected chi connectivity index (χ0v) is 9.27. The molecule has 0 saturated carbocycles. The van der Waals surface area contributed by atoms with E-state index in [9.17, 15) is 4.79 Å². The van der Waals surface area contributed by atoms with Crippen LogP contribution in [0, 0.1) is 11.8 Å². The van der Waals surface area contributed by atoms with E-state index < -0.39 is 11.6 Å². The van der Waals surface area contributed by atoms with Crippen molar-refractivity contribution < 1.29 is 9.53 Å². The van der Waals surface area contributed by atoms with E-state index in [1.54, 1.807) is 11.3 Å². The average molecular weight is 208 g/mol. The summed E-state index contributed by atoms with van der Waals surface area (Å²) < 4.78 is 5.03. The van der Waals surface area contributed by atoms with Crippen LogP contribution in [0.15, 0.2) is 16.8 Å². The molecule has 0 aromatic carbocycles. The monoisotopic (exact) mass is 208 g/mol.